The molecule has 1 unspecified atom stereocenters. The van der Waals surface area contributed by atoms with Crippen LogP contribution in [0.4, 0.5) is 5.69 Å². The van der Waals surface area contributed by atoms with Gasteiger partial charge in [0, 0.05) is 18.8 Å². The molecule has 0 fully saturated rings. The van der Waals surface area contributed by atoms with Crippen LogP contribution >= 0.6 is 0 Å². The van der Waals surface area contributed by atoms with Gasteiger partial charge in [0.25, 0.3) is 0 Å². The number of hydrogen-bond donors (Lipinski definition) is 0. The van der Waals surface area contributed by atoms with Crippen LogP contribution in [0, 0.1) is 12.8 Å². The lowest BCUT2D eigenvalue weighted by Crippen LogP contribution is -2.26. The molecule has 1 aromatic carbocycles. The maximum atomic E-state index is 2.53. The SMILES string of the molecule is CCCN(CCC(C)CC)c1cccc(C)c1. The first-order valence-electron chi connectivity index (χ1n) is 6.99. The molecule has 96 valence electrons. The van der Waals surface area contributed by atoms with E-state index in [1.165, 1.54) is 43.6 Å². The van der Waals surface area contributed by atoms with Gasteiger partial charge in [0.05, 0.1) is 0 Å². The van der Waals surface area contributed by atoms with Crippen molar-refractivity contribution in [2.75, 3.05) is 18.0 Å². The van der Waals surface area contributed by atoms with Gasteiger partial charge in [0.15, 0.2) is 0 Å². The molecule has 0 spiro atoms. The molecule has 0 saturated carbocycles. The monoisotopic (exact) mass is 233 g/mol. The van der Waals surface area contributed by atoms with Crippen molar-refractivity contribution in [2.45, 2.75) is 47.0 Å². The molecular formula is C16H27N. The largest absolute Gasteiger partial charge is 0.372 e. The first-order chi connectivity index (χ1) is 8.17. The second-order valence-electron chi connectivity index (χ2n) is 5.13. The Labute approximate surface area is 107 Å². The predicted octanol–water partition coefficient (Wildman–Crippen LogP) is 4.65. The molecule has 1 nitrogen and oxygen atoms in total. The van der Waals surface area contributed by atoms with E-state index in [9.17, 15) is 0 Å². The summed E-state index contributed by atoms with van der Waals surface area (Å²) in [6.45, 7) is 11.4. The second-order valence-corrected chi connectivity index (χ2v) is 5.13. The molecule has 0 aromatic heterocycles. The molecule has 0 aliphatic heterocycles. The van der Waals surface area contributed by atoms with Crippen molar-refractivity contribution in [3.8, 4) is 0 Å². The van der Waals surface area contributed by atoms with Crippen molar-refractivity contribution in [3.05, 3.63) is 29.8 Å². The van der Waals surface area contributed by atoms with E-state index in [0.29, 0.717) is 0 Å². The molecule has 1 heteroatoms. The normalized spacial score (nSPS) is 12.5. The van der Waals surface area contributed by atoms with Crippen LogP contribution in [0.2, 0.25) is 0 Å². The number of benzene rings is 1. The highest BCUT2D eigenvalue weighted by Gasteiger charge is 2.07. The first kappa shape index (κ1) is 14.1. The van der Waals surface area contributed by atoms with Gasteiger partial charge in [0.1, 0.15) is 0 Å². The van der Waals surface area contributed by atoms with Crippen LogP contribution in [0.1, 0.15) is 45.6 Å². The molecule has 1 atom stereocenters. The molecule has 0 aliphatic carbocycles. The second kappa shape index (κ2) is 7.37. The van der Waals surface area contributed by atoms with Crippen molar-refractivity contribution < 1.29 is 0 Å². The Balaban J connectivity index is 2.64. The fourth-order valence-corrected chi connectivity index (χ4v) is 2.04. The topological polar surface area (TPSA) is 3.24 Å². The Morgan fingerprint density at radius 2 is 1.94 bits per heavy atom. The summed E-state index contributed by atoms with van der Waals surface area (Å²) in [4.78, 5) is 2.53. The Kier molecular flexibility index (Phi) is 6.10. The first-order valence-corrected chi connectivity index (χ1v) is 6.99. The van der Waals surface area contributed by atoms with Gasteiger partial charge in [-0.05, 0) is 43.4 Å². The Hall–Kier alpha value is -0.980. The van der Waals surface area contributed by atoms with Crippen molar-refractivity contribution in [2.24, 2.45) is 5.92 Å². The van der Waals surface area contributed by atoms with Gasteiger partial charge in [-0.15, -0.1) is 0 Å². The smallest absolute Gasteiger partial charge is 0.0368 e. The maximum absolute atomic E-state index is 2.53. The number of nitrogens with zero attached hydrogens (tertiary/aromatic N) is 1. The minimum atomic E-state index is 0.833. The summed E-state index contributed by atoms with van der Waals surface area (Å²) in [5, 5.41) is 0. The third-order valence-corrected chi connectivity index (χ3v) is 3.45. The van der Waals surface area contributed by atoms with Gasteiger partial charge in [-0.25, -0.2) is 0 Å². The van der Waals surface area contributed by atoms with Crippen LogP contribution < -0.4 is 4.90 Å². The lowest BCUT2D eigenvalue weighted by molar-refractivity contribution is 0.510. The van der Waals surface area contributed by atoms with Gasteiger partial charge >= 0.3 is 0 Å². The predicted molar refractivity (Wildman–Crippen MR) is 77.8 cm³/mol. The third-order valence-electron chi connectivity index (χ3n) is 3.45. The fourth-order valence-electron chi connectivity index (χ4n) is 2.04. The van der Waals surface area contributed by atoms with Gasteiger partial charge in [-0.1, -0.05) is 39.3 Å². The Bertz CT molecular complexity index is 319. The zero-order chi connectivity index (χ0) is 12.7. The van der Waals surface area contributed by atoms with E-state index < -0.39 is 0 Å². The van der Waals surface area contributed by atoms with Crippen LogP contribution in [0.15, 0.2) is 24.3 Å². The number of hydrogen-bond acceptors (Lipinski definition) is 1. The number of aryl methyl sites for hydroxylation is 1. The average molecular weight is 233 g/mol. The highest BCUT2D eigenvalue weighted by atomic mass is 15.1. The maximum Gasteiger partial charge on any atom is 0.0368 e. The van der Waals surface area contributed by atoms with Crippen LogP contribution in [0.3, 0.4) is 0 Å². The molecule has 0 amide bonds. The van der Waals surface area contributed by atoms with Crippen molar-refractivity contribution in [1.29, 1.82) is 0 Å². The Morgan fingerprint density at radius 3 is 2.53 bits per heavy atom. The molecule has 0 aliphatic rings. The highest BCUT2D eigenvalue weighted by molar-refractivity contribution is 5.48. The molecule has 17 heavy (non-hydrogen) atoms. The van der Waals surface area contributed by atoms with Gasteiger partial charge in [-0.3, -0.25) is 0 Å². The molecular weight excluding hydrogens is 206 g/mol. The minimum absolute atomic E-state index is 0.833. The summed E-state index contributed by atoms with van der Waals surface area (Å²) in [5.41, 5.74) is 2.74. The van der Waals surface area contributed by atoms with Gasteiger partial charge in [-0.2, -0.15) is 0 Å². The van der Waals surface area contributed by atoms with Crippen LogP contribution in [-0.2, 0) is 0 Å². The molecule has 0 N–H and O–H groups in total. The van der Waals surface area contributed by atoms with E-state index in [1.54, 1.807) is 0 Å². The van der Waals surface area contributed by atoms with E-state index in [2.05, 4.69) is 56.9 Å². The molecule has 0 heterocycles. The van der Waals surface area contributed by atoms with E-state index >= 15 is 0 Å². The highest BCUT2D eigenvalue weighted by Crippen LogP contribution is 2.18. The summed E-state index contributed by atoms with van der Waals surface area (Å²) in [7, 11) is 0. The summed E-state index contributed by atoms with van der Waals surface area (Å²) >= 11 is 0. The zero-order valence-electron chi connectivity index (χ0n) is 11.9. The molecule has 0 radical (unpaired) electrons. The van der Waals surface area contributed by atoms with Crippen molar-refractivity contribution in [3.63, 3.8) is 0 Å². The van der Waals surface area contributed by atoms with Gasteiger partial charge < -0.3 is 4.90 Å². The zero-order valence-corrected chi connectivity index (χ0v) is 11.9. The van der Waals surface area contributed by atoms with Crippen LogP contribution in [-0.4, -0.2) is 13.1 Å². The fraction of sp³-hybridized carbons (Fsp3) is 0.625. The summed E-state index contributed by atoms with van der Waals surface area (Å²) in [6.07, 6.45) is 3.80. The molecule has 1 rings (SSSR count). The Morgan fingerprint density at radius 1 is 1.18 bits per heavy atom. The van der Waals surface area contributed by atoms with E-state index in [1.807, 2.05) is 0 Å². The lowest BCUT2D eigenvalue weighted by atomic mass is 10.0. The molecule has 0 saturated heterocycles. The van der Waals surface area contributed by atoms with Gasteiger partial charge in [0.2, 0.25) is 0 Å². The number of anilines is 1. The summed E-state index contributed by atoms with van der Waals surface area (Å²) < 4.78 is 0. The van der Waals surface area contributed by atoms with Crippen LogP contribution in [0.25, 0.3) is 0 Å². The standard InChI is InChI=1S/C16H27N/c1-5-11-17(12-10-14(3)6-2)16-9-7-8-15(4)13-16/h7-9,13-14H,5-6,10-12H2,1-4H3. The minimum Gasteiger partial charge on any atom is -0.372 e. The quantitative estimate of drug-likeness (QED) is 0.662. The summed E-state index contributed by atoms with van der Waals surface area (Å²) in [6, 6.07) is 8.87. The van der Waals surface area contributed by atoms with E-state index in [-0.39, 0.29) is 0 Å². The summed E-state index contributed by atoms with van der Waals surface area (Å²) in [5.74, 6) is 0.833. The van der Waals surface area contributed by atoms with E-state index in [4.69, 9.17) is 0 Å². The average Bonchev–Trinajstić information content (AvgIpc) is 2.34. The van der Waals surface area contributed by atoms with Crippen molar-refractivity contribution >= 4 is 5.69 Å². The number of rotatable bonds is 7. The lowest BCUT2D eigenvalue weighted by Gasteiger charge is -2.26. The van der Waals surface area contributed by atoms with E-state index in [0.717, 1.165) is 5.92 Å². The van der Waals surface area contributed by atoms with Crippen molar-refractivity contribution in [1.82, 2.24) is 0 Å². The molecule has 0 bridgehead atoms. The third kappa shape index (κ3) is 4.80. The van der Waals surface area contributed by atoms with Crippen LogP contribution in [0.5, 0.6) is 0 Å². The molecule has 1 aromatic rings.